The number of nitrogens with zero attached hydrogens (tertiary/aromatic N) is 2. The third kappa shape index (κ3) is 3.24. The number of halogens is 1. The average molecular weight is 318 g/mol. The van der Waals surface area contributed by atoms with Gasteiger partial charge in [0, 0.05) is 26.3 Å². The lowest BCUT2D eigenvalue weighted by atomic mass is 9.86. The zero-order valence-corrected chi connectivity index (χ0v) is 13.3. The Labute approximate surface area is 125 Å². The summed E-state index contributed by atoms with van der Waals surface area (Å²) in [7, 11) is -1.89. The van der Waals surface area contributed by atoms with Gasteiger partial charge in [-0.1, -0.05) is 18.0 Å². The van der Waals surface area contributed by atoms with Gasteiger partial charge in [-0.3, -0.25) is 0 Å². The van der Waals surface area contributed by atoms with Crippen LogP contribution in [0.5, 0.6) is 0 Å². The fraction of sp³-hybridized carbons (Fsp3) is 0.615. The van der Waals surface area contributed by atoms with Gasteiger partial charge in [-0.25, -0.2) is 17.7 Å². The number of sulfonamides is 1. The van der Waals surface area contributed by atoms with E-state index in [4.69, 9.17) is 11.6 Å². The maximum atomic E-state index is 12.4. The molecule has 0 radical (unpaired) electrons. The summed E-state index contributed by atoms with van der Waals surface area (Å²) < 4.78 is 26.3. The van der Waals surface area contributed by atoms with Crippen LogP contribution in [0.1, 0.15) is 26.2 Å². The molecule has 20 heavy (non-hydrogen) atoms. The fourth-order valence-corrected chi connectivity index (χ4v) is 3.69. The number of rotatable bonds is 6. The number of nitrogens with one attached hydrogen (secondary N) is 1. The van der Waals surface area contributed by atoms with Gasteiger partial charge < -0.3 is 5.32 Å². The summed E-state index contributed by atoms with van der Waals surface area (Å²) in [5.41, 5.74) is 0. The van der Waals surface area contributed by atoms with Crippen LogP contribution in [0.25, 0.3) is 0 Å². The second-order valence-corrected chi connectivity index (χ2v) is 7.57. The van der Waals surface area contributed by atoms with Gasteiger partial charge in [-0.05, 0) is 31.7 Å². The topological polar surface area (TPSA) is 62.3 Å². The van der Waals surface area contributed by atoms with Crippen molar-refractivity contribution < 1.29 is 8.42 Å². The largest absolute Gasteiger partial charge is 0.369 e. The van der Waals surface area contributed by atoms with Crippen LogP contribution in [0, 0.1) is 5.92 Å². The van der Waals surface area contributed by atoms with Crippen LogP contribution in [0.15, 0.2) is 17.2 Å². The maximum Gasteiger partial charge on any atom is 0.244 e. The minimum Gasteiger partial charge on any atom is -0.369 e. The summed E-state index contributed by atoms with van der Waals surface area (Å²) in [5.74, 6) is 0.994. The van der Waals surface area contributed by atoms with Crippen LogP contribution >= 0.6 is 11.6 Å². The molecule has 1 saturated carbocycles. The average Bonchev–Trinajstić information content (AvgIpc) is 2.36. The molecule has 1 fully saturated rings. The van der Waals surface area contributed by atoms with Crippen molar-refractivity contribution in [1.29, 1.82) is 0 Å². The van der Waals surface area contributed by atoms with Crippen LogP contribution in [0.3, 0.4) is 0 Å². The summed E-state index contributed by atoms with van der Waals surface area (Å²) >= 11 is 6.06. The van der Waals surface area contributed by atoms with E-state index in [0.29, 0.717) is 29.8 Å². The summed E-state index contributed by atoms with van der Waals surface area (Å²) in [6.45, 7) is 3.17. The van der Waals surface area contributed by atoms with Crippen LogP contribution in [0.2, 0.25) is 5.02 Å². The Balaban J connectivity index is 2.17. The number of aromatic nitrogens is 1. The van der Waals surface area contributed by atoms with E-state index in [2.05, 4.69) is 10.3 Å². The first kappa shape index (κ1) is 15.5. The standard InChI is InChI=1S/C13H20ClN3O2S/c1-3-15-13-12(14)7-11(8-16-13)20(18,19)17(2)9-10-5-4-6-10/h7-8,10H,3-6,9H2,1-2H3,(H,15,16). The quantitative estimate of drug-likeness (QED) is 0.876. The molecule has 0 amide bonds. The van der Waals surface area contributed by atoms with Gasteiger partial charge in [0.15, 0.2) is 0 Å². The maximum absolute atomic E-state index is 12.4. The van der Waals surface area contributed by atoms with Gasteiger partial charge in [-0.2, -0.15) is 0 Å². The first-order valence-corrected chi connectivity index (χ1v) is 8.62. The second-order valence-electron chi connectivity index (χ2n) is 5.11. The Morgan fingerprint density at radius 1 is 1.50 bits per heavy atom. The van der Waals surface area contributed by atoms with Gasteiger partial charge in [0.1, 0.15) is 10.7 Å². The Morgan fingerprint density at radius 3 is 2.70 bits per heavy atom. The highest BCUT2D eigenvalue weighted by molar-refractivity contribution is 7.89. The molecule has 2 rings (SSSR count). The number of anilines is 1. The van der Waals surface area contributed by atoms with Crippen molar-refractivity contribution in [2.75, 3.05) is 25.5 Å². The molecule has 5 nitrogen and oxygen atoms in total. The fourth-order valence-electron chi connectivity index (χ4n) is 2.18. The van der Waals surface area contributed by atoms with Gasteiger partial charge in [0.05, 0.1) is 5.02 Å². The van der Waals surface area contributed by atoms with E-state index in [-0.39, 0.29) is 4.90 Å². The van der Waals surface area contributed by atoms with E-state index < -0.39 is 10.0 Å². The molecule has 0 spiro atoms. The summed E-state index contributed by atoms with van der Waals surface area (Å²) in [5, 5.41) is 3.31. The number of hydrogen-bond donors (Lipinski definition) is 1. The molecule has 112 valence electrons. The molecule has 0 atom stereocenters. The molecule has 0 saturated heterocycles. The molecule has 0 bridgehead atoms. The smallest absolute Gasteiger partial charge is 0.244 e. The van der Waals surface area contributed by atoms with Gasteiger partial charge >= 0.3 is 0 Å². The highest BCUT2D eigenvalue weighted by Gasteiger charge is 2.27. The third-order valence-corrected chi connectivity index (χ3v) is 5.69. The van der Waals surface area contributed by atoms with Crippen molar-refractivity contribution in [3.8, 4) is 0 Å². The van der Waals surface area contributed by atoms with Gasteiger partial charge in [-0.15, -0.1) is 0 Å². The lowest BCUT2D eigenvalue weighted by molar-refractivity contribution is 0.263. The van der Waals surface area contributed by atoms with Gasteiger partial charge in [0.25, 0.3) is 0 Å². The van der Waals surface area contributed by atoms with Crippen molar-refractivity contribution in [3.05, 3.63) is 17.3 Å². The molecule has 1 aliphatic carbocycles. The molecule has 1 heterocycles. The summed E-state index contributed by atoms with van der Waals surface area (Å²) in [6.07, 6.45) is 4.77. The molecular formula is C13H20ClN3O2S. The van der Waals surface area contributed by atoms with Crippen molar-refractivity contribution in [3.63, 3.8) is 0 Å². The third-order valence-electron chi connectivity index (χ3n) is 3.61. The predicted molar refractivity (Wildman–Crippen MR) is 80.6 cm³/mol. The molecule has 1 aromatic rings. The highest BCUT2D eigenvalue weighted by atomic mass is 35.5. The first-order chi connectivity index (χ1) is 9.45. The van der Waals surface area contributed by atoms with E-state index >= 15 is 0 Å². The summed E-state index contributed by atoms with van der Waals surface area (Å²) in [6, 6.07) is 1.46. The zero-order chi connectivity index (χ0) is 14.8. The number of hydrogen-bond acceptors (Lipinski definition) is 4. The Hall–Kier alpha value is -0.850. The van der Waals surface area contributed by atoms with Crippen molar-refractivity contribution in [1.82, 2.24) is 9.29 Å². The van der Waals surface area contributed by atoms with Crippen LogP contribution in [-0.2, 0) is 10.0 Å². The normalized spacial score (nSPS) is 16.2. The lowest BCUT2D eigenvalue weighted by Crippen LogP contribution is -2.34. The molecular weight excluding hydrogens is 298 g/mol. The predicted octanol–water partition coefficient (Wildman–Crippen LogP) is 2.59. The Bertz CT molecular complexity index is 573. The highest BCUT2D eigenvalue weighted by Crippen LogP contribution is 2.29. The SMILES string of the molecule is CCNc1ncc(S(=O)(=O)N(C)CC2CCC2)cc1Cl. The van der Waals surface area contributed by atoms with E-state index in [1.165, 1.54) is 23.0 Å². The van der Waals surface area contributed by atoms with Crippen molar-refractivity contribution in [2.45, 2.75) is 31.1 Å². The van der Waals surface area contributed by atoms with E-state index in [9.17, 15) is 8.42 Å². The number of pyridine rings is 1. The minimum atomic E-state index is -3.51. The van der Waals surface area contributed by atoms with Crippen molar-refractivity contribution in [2.24, 2.45) is 5.92 Å². The Kier molecular flexibility index (Phi) is 4.88. The van der Waals surface area contributed by atoms with Crippen LogP contribution < -0.4 is 5.32 Å². The molecule has 1 aromatic heterocycles. The second kappa shape index (κ2) is 6.28. The van der Waals surface area contributed by atoms with E-state index in [1.807, 2.05) is 6.92 Å². The van der Waals surface area contributed by atoms with Crippen LogP contribution in [0.4, 0.5) is 5.82 Å². The zero-order valence-electron chi connectivity index (χ0n) is 11.8. The molecule has 1 aliphatic rings. The monoisotopic (exact) mass is 317 g/mol. The molecule has 0 aliphatic heterocycles. The lowest BCUT2D eigenvalue weighted by Gasteiger charge is -2.29. The first-order valence-electron chi connectivity index (χ1n) is 6.81. The van der Waals surface area contributed by atoms with E-state index in [1.54, 1.807) is 7.05 Å². The molecule has 7 heteroatoms. The van der Waals surface area contributed by atoms with Crippen LogP contribution in [-0.4, -0.2) is 37.8 Å². The van der Waals surface area contributed by atoms with Crippen molar-refractivity contribution >= 4 is 27.4 Å². The molecule has 0 unspecified atom stereocenters. The molecule has 0 aromatic carbocycles. The Morgan fingerprint density at radius 2 is 2.20 bits per heavy atom. The van der Waals surface area contributed by atoms with Gasteiger partial charge in [0.2, 0.25) is 10.0 Å². The summed E-state index contributed by atoms with van der Waals surface area (Å²) in [4.78, 5) is 4.23. The van der Waals surface area contributed by atoms with E-state index in [0.717, 1.165) is 12.8 Å². The minimum absolute atomic E-state index is 0.144. The molecule has 1 N–H and O–H groups in total.